The largest absolute Gasteiger partial charge is 0.395 e. The molecule has 1 unspecified atom stereocenters. The van der Waals surface area contributed by atoms with E-state index in [2.05, 4.69) is 4.98 Å². The van der Waals surface area contributed by atoms with E-state index in [0.29, 0.717) is 11.6 Å². The van der Waals surface area contributed by atoms with Crippen LogP contribution in [-0.2, 0) is 6.42 Å². The van der Waals surface area contributed by atoms with Gasteiger partial charge in [-0.25, -0.2) is 4.98 Å². The number of nitrogens with two attached hydrogens (primary N) is 1. The summed E-state index contributed by atoms with van der Waals surface area (Å²) < 4.78 is 0. The van der Waals surface area contributed by atoms with Crippen molar-refractivity contribution in [3.63, 3.8) is 0 Å². The lowest BCUT2D eigenvalue weighted by molar-refractivity contribution is 0.265. The molecule has 0 amide bonds. The van der Waals surface area contributed by atoms with Crippen molar-refractivity contribution in [2.24, 2.45) is 5.73 Å². The quantitative estimate of drug-likeness (QED) is 0.752. The fraction of sp³-hybridized carbons (Fsp3) is 0.375. The number of pyridine rings is 1. The molecule has 1 atom stereocenters. The second kappa shape index (κ2) is 6.16. The van der Waals surface area contributed by atoms with Gasteiger partial charge in [-0.15, -0.1) is 12.4 Å². The van der Waals surface area contributed by atoms with Crippen molar-refractivity contribution in [2.75, 3.05) is 6.61 Å². The van der Waals surface area contributed by atoms with E-state index >= 15 is 0 Å². The Hall–Kier alpha value is -0.350. The van der Waals surface area contributed by atoms with Gasteiger partial charge in [0.05, 0.1) is 6.61 Å². The normalized spacial score (nSPS) is 11.9. The van der Waals surface area contributed by atoms with Crippen LogP contribution in [0.15, 0.2) is 18.3 Å². The minimum absolute atomic E-state index is 0. The standard InChI is InChI=1S/C8H11ClN2O.ClH/c9-8-2-1-6(4-11-8)3-7(10)5-12;/h1-2,4,7,12H,3,5,10H2;1H. The molecule has 3 N–H and O–H groups in total. The summed E-state index contributed by atoms with van der Waals surface area (Å²) >= 11 is 5.59. The van der Waals surface area contributed by atoms with Crippen LogP contribution >= 0.6 is 24.0 Å². The first-order chi connectivity index (χ1) is 5.72. The maximum atomic E-state index is 8.68. The predicted molar refractivity (Wildman–Crippen MR) is 55.3 cm³/mol. The van der Waals surface area contributed by atoms with E-state index < -0.39 is 0 Å². The molecule has 13 heavy (non-hydrogen) atoms. The first-order valence-corrected chi connectivity index (χ1v) is 4.07. The summed E-state index contributed by atoms with van der Waals surface area (Å²) in [7, 11) is 0. The van der Waals surface area contributed by atoms with Crippen molar-refractivity contribution in [2.45, 2.75) is 12.5 Å². The van der Waals surface area contributed by atoms with E-state index in [1.165, 1.54) is 0 Å². The molecule has 0 saturated carbocycles. The maximum Gasteiger partial charge on any atom is 0.129 e. The van der Waals surface area contributed by atoms with Gasteiger partial charge >= 0.3 is 0 Å². The van der Waals surface area contributed by atoms with E-state index in [1.54, 1.807) is 12.3 Å². The van der Waals surface area contributed by atoms with Gasteiger partial charge in [-0.3, -0.25) is 0 Å². The smallest absolute Gasteiger partial charge is 0.129 e. The topological polar surface area (TPSA) is 59.1 Å². The van der Waals surface area contributed by atoms with Gasteiger partial charge in [0.15, 0.2) is 0 Å². The molecule has 1 aromatic heterocycles. The minimum Gasteiger partial charge on any atom is -0.395 e. The molecule has 1 aromatic rings. The Morgan fingerprint density at radius 3 is 2.69 bits per heavy atom. The Morgan fingerprint density at radius 1 is 1.54 bits per heavy atom. The summed E-state index contributed by atoms with van der Waals surface area (Å²) in [5.74, 6) is 0. The fourth-order valence-electron chi connectivity index (χ4n) is 0.894. The fourth-order valence-corrected chi connectivity index (χ4v) is 1.01. The number of aromatic nitrogens is 1. The molecule has 3 nitrogen and oxygen atoms in total. The van der Waals surface area contributed by atoms with Crippen LogP contribution < -0.4 is 5.73 Å². The summed E-state index contributed by atoms with van der Waals surface area (Å²) in [4.78, 5) is 3.89. The van der Waals surface area contributed by atoms with Gasteiger partial charge in [0.2, 0.25) is 0 Å². The Kier molecular flexibility index (Phi) is 5.99. The first-order valence-electron chi connectivity index (χ1n) is 3.69. The van der Waals surface area contributed by atoms with E-state index in [-0.39, 0.29) is 25.1 Å². The van der Waals surface area contributed by atoms with Crippen LogP contribution in [0.3, 0.4) is 0 Å². The summed E-state index contributed by atoms with van der Waals surface area (Å²) in [5.41, 5.74) is 6.52. The van der Waals surface area contributed by atoms with Crippen LogP contribution in [0.4, 0.5) is 0 Å². The van der Waals surface area contributed by atoms with Crippen LogP contribution in [0.2, 0.25) is 5.15 Å². The molecule has 74 valence electrons. The number of halogens is 2. The molecular weight excluding hydrogens is 211 g/mol. The van der Waals surface area contributed by atoms with E-state index in [4.69, 9.17) is 22.4 Å². The number of hydrogen-bond acceptors (Lipinski definition) is 3. The van der Waals surface area contributed by atoms with Crippen molar-refractivity contribution in [1.82, 2.24) is 4.98 Å². The van der Waals surface area contributed by atoms with Crippen molar-refractivity contribution in [3.8, 4) is 0 Å². The van der Waals surface area contributed by atoms with Crippen molar-refractivity contribution >= 4 is 24.0 Å². The first kappa shape index (κ1) is 12.7. The summed E-state index contributed by atoms with van der Waals surface area (Å²) in [5, 5.41) is 9.15. The highest BCUT2D eigenvalue weighted by Gasteiger charge is 2.01. The third-order valence-electron chi connectivity index (χ3n) is 1.52. The van der Waals surface area contributed by atoms with Crippen molar-refractivity contribution < 1.29 is 5.11 Å². The van der Waals surface area contributed by atoms with Crippen LogP contribution in [0, 0.1) is 0 Å². The SMILES string of the molecule is Cl.NC(CO)Cc1ccc(Cl)nc1. The molecule has 0 saturated heterocycles. The molecule has 0 fully saturated rings. The van der Waals surface area contributed by atoms with Crippen molar-refractivity contribution in [3.05, 3.63) is 29.0 Å². The Balaban J connectivity index is 0.00000144. The highest BCUT2D eigenvalue weighted by Crippen LogP contribution is 2.06. The lowest BCUT2D eigenvalue weighted by Crippen LogP contribution is -2.26. The number of aliphatic hydroxyl groups excluding tert-OH is 1. The lowest BCUT2D eigenvalue weighted by Gasteiger charge is -2.06. The highest BCUT2D eigenvalue weighted by molar-refractivity contribution is 6.29. The lowest BCUT2D eigenvalue weighted by atomic mass is 10.1. The molecule has 0 spiro atoms. The summed E-state index contributed by atoms with van der Waals surface area (Å²) in [6.45, 7) is -0.0113. The molecule has 0 aliphatic rings. The molecule has 0 radical (unpaired) electrons. The zero-order valence-electron chi connectivity index (χ0n) is 6.98. The van der Waals surface area contributed by atoms with Crippen LogP contribution in [0.5, 0.6) is 0 Å². The third kappa shape index (κ3) is 4.43. The molecule has 0 aromatic carbocycles. The Bertz CT molecular complexity index is 240. The number of nitrogens with zero attached hydrogens (tertiary/aromatic N) is 1. The average molecular weight is 223 g/mol. The van der Waals surface area contributed by atoms with Crippen LogP contribution in [0.25, 0.3) is 0 Å². The zero-order chi connectivity index (χ0) is 8.97. The van der Waals surface area contributed by atoms with Gasteiger partial charge in [0, 0.05) is 12.2 Å². The van der Waals surface area contributed by atoms with Crippen LogP contribution in [0.1, 0.15) is 5.56 Å². The second-order valence-corrected chi connectivity index (χ2v) is 3.02. The van der Waals surface area contributed by atoms with Crippen LogP contribution in [-0.4, -0.2) is 22.7 Å². The van der Waals surface area contributed by atoms with E-state index in [0.717, 1.165) is 5.56 Å². The maximum absolute atomic E-state index is 8.68. The van der Waals surface area contributed by atoms with Gasteiger partial charge in [-0.2, -0.15) is 0 Å². The number of rotatable bonds is 3. The minimum atomic E-state index is -0.215. The predicted octanol–water partition coefficient (Wildman–Crippen LogP) is 1.02. The number of aliphatic hydroxyl groups is 1. The Morgan fingerprint density at radius 2 is 2.23 bits per heavy atom. The third-order valence-corrected chi connectivity index (χ3v) is 1.74. The van der Waals surface area contributed by atoms with E-state index in [1.807, 2.05) is 6.07 Å². The van der Waals surface area contributed by atoms with Gasteiger partial charge in [-0.05, 0) is 18.1 Å². The zero-order valence-corrected chi connectivity index (χ0v) is 8.55. The molecule has 1 heterocycles. The molecule has 0 bridgehead atoms. The summed E-state index contributed by atoms with van der Waals surface area (Å²) in [6.07, 6.45) is 2.29. The molecule has 0 aliphatic heterocycles. The van der Waals surface area contributed by atoms with Gasteiger partial charge in [-0.1, -0.05) is 17.7 Å². The molecule has 1 rings (SSSR count). The number of hydrogen-bond donors (Lipinski definition) is 2. The van der Waals surface area contributed by atoms with E-state index in [9.17, 15) is 0 Å². The highest BCUT2D eigenvalue weighted by atomic mass is 35.5. The Labute approximate surface area is 88.3 Å². The van der Waals surface area contributed by atoms with Gasteiger partial charge in [0.1, 0.15) is 5.15 Å². The second-order valence-electron chi connectivity index (χ2n) is 2.64. The van der Waals surface area contributed by atoms with Crippen molar-refractivity contribution in [1.29, 1.82) is 0 Å². The van der Waals surface area contributed by atoms with Gasteiger partial charge in [0.25, 0.3) is 0 Å². The molecular formula is C8H12Cl2N2O. The van der Waals surface area contributed by atoms with Gasteiger partial charge < -0.3 is 10.8 Å². The molecule has 0 aliphatic carbocycles. The summed E-state index contributed by atoms with van der Waals surface area (Å²) in [6, 6.07) is 3.35. The average Bonchev–Trinajstić information content (AvgIpc) is 2.09. The monoisotopic (exact) mass is 222 g/mol. The molecule has 5 heteroatoms.